The summed E-state index contributed by atoms with van der Waals surface area (Å²) in [5, 5.41) is 2.61. The number of carbonyl (C=O) groups excluding carboxylic acids is 2. The Morgan fingerprint density at radius 2 is 1.60 bits per heavy atom. The third-order valence-corrected chi connectivity index (χ3v) is 2.41. The van der Waals surface area contributed by atoms with E-state index in [1.165, 1.54) is 6.92 Å². The van der Waals surface area contributed by atoms with Gasteiger partial charge in [0.15, 0.2) is 0 Å². The minimum absolute atomic E-state index is 0.0531. The molecule has 1 rings (SSSR count). The Morgan fingerprint density at radius 3 is 2.00 bits per heavy atom. The second kappa shape index (κ2) is 4.96. The van der Waals surface area contributed by atoms with E-state index in [0.717, 1.165) is 31.5 Å². The molecule has 4 nitrogen and oxygen atoms in total. The highest BCUT2D eigenvalue weighted by atomic mass is 16.2. The van der Waals surface area contributed by atoms with Crippen LogP contribution in [0.5, 0.6) is 0 Å². The molecule has 0 aliphatic carbocycles. The van der Waals surface area contributed by atoms with E-state index in [4.69, 9.17) is 0 Å². The molecule has 1 aliphatic rings. The zero-order chi connectivity index (χ0) is 11.4. The van der Waals surface area contributed by atoms with Gasteiger partial charge in [0.1, 0.15) is 5.70 Å². The van der Waals surface area contributed by atoms with E-state index in [9.17, 15) is 9.59 Å². The molecule has 0 atom stereocenters. The van der Waals surface area contributed by atoms with Crippen molar-refractivity contribution < 1.29 is 9.59 Å². The van der Waals surface area contributed by atoms with Crippen molar-refractivity contribution in [2.24, 2.45) is 0 Å². The van der Waals surface area contributed by atoms with Crippen LogP contribution in [-0.4, -0.2) is 29.8 Å². The van der Waals surface area contributed by atoms with Gasteiger partial charge in [0.05, 0.1) is 0 Å². The molecule has 4 heteroatoms. The van der Waals surface area contributed by atoms with Gasteiger partial charge in [-0.25, -0.2) is 0 Å². The quantitative estimate of drug-likeness (QED) is 0.692. The summed E-state index contributed by atoms with van der Waals surface area (Å²) in [7, 11) is 0. The molecule has 0 radical (unpaired) electrons. The maximum atomic E-state index is 12.0. The van der Waals surface area contributed by atoms with Crippen LogP contribution in [0.3, 0.4) is 0 Å². The van der Waals surface area contributed by atoms with Crippen molar-refractivity contribution in [1.82, 2.24) is 10.2 Å². The van der Waals surface area contributed by atoms with Crippen molar-refractivity contribution in [2.45, 2.75) is 33.6 Å². The Kier molecular flexibility index (Phi) is 3.88. The lowest BCUT2D eigenvalue weighted by Gasteiger charge is -2.18. The first-order valence-electron chi connectivity index (χ1n) is 5.26. The number of hydrogen-bond acceptors (Lipinski definition) is 2. The minimum Gasteiger partial charge on any atom is -0.337 e. The molecule has 0 spiro atoms. The summed E-state index contributed by atoms with van der Waals surface area (Å²) >= 11 is 0. The van der Waals surface area contributed by atoms with Crippen LogP contribution in [0.2, 0.25) is 0 Å². The van der Waals surface area contributed by atoms with Gasteiger partial charge in [-0.2, -0.15) is 0 Å². The Balaban J connectivity index is 2.76. The Hall–Kier alpha value is -1.32. The number of nitrogens with zero attached hydrogens (tertiary/aromatic N) is 1. The molecule has 1 heterocycles. The van der Waals surface area contributed by atoms with Crippen LogP contribution >= 0.6 is 0 Å². The molecular formula is C11H18N2O2. The standard InChI is InChI=1S/C11H18N2O2/c1-8(2)10(12-9(3)14)11(15)13-6-4-5-7-13/h4-7H2,1-3H3,(H,12,14). The largest absolute Gasteiger partial charge is 0.337 e. The summed E-state index contributed by atoms with van der Waals surface area (Å²) in [6, 6.07) is 0. The monoisotopic (exact) mass is 210 g/mol. The van der Waals surface area contributed by atoms with Gasteiger partial charge in [0.25, 0.3) is 5.91 Å². The molecule has 0 unspecified atom stereocenters. The van der Waals surface area contributed by atoms with E-state index in [2.05, 4.69) is 5.32 Å². The van der Waals surface area contributed by atoms with Gasteiger partial charge in [0, 0.05) is 20.0 Å². The molecular weight excluding hydrogens is 192 g/mol. The normalized spacial score (nSPS) is 15.0. The number of allylic oxidation sites excluding steroid dienone is 1. The maximum Gasteiger partial charge on any atom is 0.270 e. The van der Waals surface area contributed by atoms with Crippen LogP contribution < -0.4 is 5.32 Å². The number of carbonyl (C=O) groups is 2. The molecule has 1 aliphatic heterocycles. The van der Waals surface area contributed by atoms with Gasteiger partial charge >= 0.3 is 0 Å². The average Bonchev–Trinajstić information content (AvgIpc) is 2.65. The average molecular weight is 210 g/mol. The van der Waals surface area contributed by atoms with Crippen molar-refractivity contribution in [3.05, 3.63) is 11.3 Å². The molecule has 0 aromatic heterocycles. The van der Waals surface area contributed by atoms with Gasteiger partial charge in [-0.05, 0) is 32.3 Å². The Bertz CT molecular complexity index is 298. The maximum absolute atomic E-state index is 12.0. The van der Waals surface area contributed by atoms with Crippen LogP contribution in [0, 0.1) is 0 Å². The van der Waals surface area contributed by atoms with Crippen LogP contribution in [-0.2, 0) is 9.59 Å². The summed E-state index contributed by atoms with van der Waals surface area (Å²) in [5.74, 6) is -0.249. The van der Waals surface area contributed by atoms with Crippen molar-refractivity contribution >= 4 is 11.8 Å². The molecule has 15 heavy (non-hydrogen) atoms. The predicted octanol–water partition coefficient (Wildman–Crippen LogP) is 1.04. The molecule has 2 amide bonds. The second-order valence-electron chi connectivity index (χ2n) is 4.06. The van der Waals surface area contributed by atoms with Crippen molar-refractivity contribution in [3.63, 3.8) is 0 Å². The highest BCUT2D eigenvalue weighted by molar-refractivity contribution is 5.97. The van der Waals surface area contributed by atoms with E-state index in [0.29, 0.717) is 5.70 Å². The molecule has 1 saturated heterocycles. The molecule has 0 saturated carbocycles. The summed E-state index contributed by atoms with van der Waals surface area (Å²) in [4.78, 5) is 24.7. The van der Waals surface area contributed by atoms with Gasteiger partial charge in [-0.3, -0.25) is 9.59 Å². The topological polar surface area (TPSA) is 49.4 Å². The van der Waals surface area contributed by atoms with Gasteiger partial charge in [-0.1, -0.05) is 0 Å². The van der Waals surface area contributed by atoms with E-state index >= 15 is 0 Å². The third kappa shape index (κ3) is 3.08. The fraction of sp³-hybridized carbons (Fsp3) is 0.636. The van der Waals surface area contributed by atoms with E-state index in [-0.39, 0.29) is 11.8 Å². The number of hydrogen-bond donors (Lipinski definition) is 1. The van der Waals surface area contributed by atoms with Crippen LogP contribution in [0.25, 0.3) is 0 Å². The Labute approximate surface area is 90.3 Å². The number of likely N-dealkylation sites (tertiary alicyclic amines) is 1. The summed E-state index contributed by atoms with van der Waals surface area (Å²) in [6.07, 6.45) is 2.11. The van der Waals surface area contributed by atoms with E-state index in [1.807, 2.05) is 13.8 Å². The highest BCUT2D eigenvalue weighted by Crippen LogP contribution is 2.12. The smallest absolute Gasteiger partial charge is 0.270 e. The van der Waals surface area contributed by atoms with Gasteiger partial charge in [-0.15, -0.1) is 0 Å². The number of amides is 2. The van der Waals surface area contributed by atoms with Gasteiger partial charge in [0.2, 0.25) is 5.91 Å². The molecule has 0 bridgehead atoms. The lowest BCUT2D eigenvalue weighted by molar-refractivity contribution is -0.128. The lowest BCUT2D eigenvalue weighted by atomic mass is 10.2. The Morgan fingerprint density at radius 1 is 1.07 bits per heavy atom. The van der Waals surface area contributed by atoms with E-state index in [1.54, 1.807) is 4.90 Å². The van der Waals surface area contributed by atoms with Crippen molar-refractivity contribution in [2.75, 3.05) is 13.1 Å². The number of nitrogens with one attached hydrogen (secondary N) is 1. The SMILES string of the molecule is CC(=O)NC(C(=O)N1CCCC1)=C(C)C. The van der Waals surface area contributed by atoms with E-state index < -0.39 is 0 Å². The number of rotatable bonds is 2. The zero-order valence-electron chi connectivity index (χ0n) is 9.59. The minimum atomic E-state index is -0.196. The molecule has 84 valence electrons. The first kappa shape index (κ1) is 11.8. The molecule has 0 aromatic rings. The summed E-state index contributed by atoms with van der Waals surface area (Å²) in [6.45, 7) is 6.68. The highest BCUT2D eigenvalue weighted by Gasteiger charge is 2.22. The fourth-order valence-electron chi connectivity index (χ4n) is 1.65. The predicted molar refractivity (Wildman–Crippen MR) is 58.0 cm³/mol. The van der Waals surface area contributed by atoms with Crippen LogP contribution in [0.15, 0.2) is 11.3 Å². The summed E-state index contributed by atoms with van der Waals surface area (Å²) in [5.41, 5.74) is 1.28. The van der Waals surface area contributed by atoms with Crippen LogP contribution in [0.4, 0.5) is 0 Å². The molecule has 1 fully saturated rings. The molecule has 1 N–H and O–H groups in total. The first-order chi connectivity index (χ1) is 7.02. The zero-order valence-corrected chi connectivity index (χ0v) is 9.59. The van der Waals surface area contributed by atoms with Gasteiger partial charge < -0.3 is 10.2 Å². The summed E-state index contributed by atoms with van der Waals surface area (Å²) < 4.78 is 0. The van der Waals surface area contributed by atoms with Crippen LogP contribution in [0.1, 0.15) is 33.6 Å². The lowest BCUT2D eigenvalue weighted by Crippen LogP contribution is -2.36. The third-order valence-electron chi connectivity index (χ3n) is 2.41. The first-order valence-corrected chi connectivity index (χ1v) is 5.26. The second-order valence-corrected chi connectivity index (χ2v) is 4.06. The molecule has 0 aromatic carbocycles. The van der Waals surface area contributed by atoms with Crippen molar-refractivity contribution in [1.29, 1.82) is 0 Å². The fourth-order valence-corrected chi connectivity index (χ4v) is 1.65. The van der Waals surface area contributed by atoms with Crippen molar-refractivity contribution in [3.8, 4) is 0 Å².